The molecule has 1 fully saturated rings. The molecule has 50 heavy (non-hydrogen) atoms. The molecular formula is C34H41ClN2O12S. The molecule has 272 valence electrons. The fourth-order valence-corrected chi connectivity index (χ4v) is 8.17. The van der Waals surface area contributed by atoms with Crippen LogP contribution in [-0.4, -0.2) is 102 Å². The molecule has 1 unspecified atom stereocenters. The minimum Gasteiger partial charge on any atom is -0.507 e. The molecule has 3 atom stereocenters. The molecule has 2 N–H and O–H groups in total. The van der Waals surface area contributed by atoms with Gasteiger partial charge >= 0.3 is 0 Å². The Balaban J connectivity index is 1.63. The number of fused-ring (bicyclic) bond motifs is 1. The number of methoxy groups -OCH3 is 5. The predicted molar refractivity (Wildman–Crippen MR) is 182 cm³/mol. The number of carbonyl (C=O) groups is 3. The Kier molecular flexibility index (Phi) is 10.5. The third kappa shape index (κ3) is 6.30. The normalized spacial score (nSPS) is 21.8. The van der Waals surface area contributed by atoms with Crippen LogP contribution in [0.5, 0.6) is 34.5 Å². The van der Waals surface area contributed by atoms with Crippen molar-refractivity contribution >= 4 is 39.1 Å². The summed E-state index contributed by atoms with van der Waals surface area (Å²) in [5.74, 6) is -3.37. The van der Waals surface area contributed by atoms with Crippen molar-refractivity contribution in [2.24, 2.45) is 5.92 Å². The quantitative estimate of drug-likeness (QED) is 0.342. The Morgan fingerprint density at radius 3 is 2.10 bits per heavy atom. The van der Waals surface area contributed by atoms with Gasteiger partial charge in [0.2, 0.25) is 33.1 Å². The zero-order chi connectivity index (χ0) is 36.7. The van der Waals surface area contributed by atoms with E-state index in [1.165, 1.54) is 45.9 Å². The lowest BCUT2D eigenvalue weighted by molar-refractivity contribution is -0.122. The Morgan fingerprint density at radius 1 is 1.00 bits per heavy atom. The van der Waals surface area contributed by atoms with Gasteiger partial charge in [-0.3, -0.25) is 14.4 Å². The largest absolute Gasteiger partial charge is 0.507 e. The van der Waals surface area contributed by atoms with Crippen molar-refractivity contribution in [1.82, 2.24) is 9.62 Å². The number of carbonyl (C=O) groups excluding carboxylic acids is 3. The maximum Gasteiger partial charge on any atom is 0.231 e. The van der Waals surface area contributed by atoms with E-state index in [1.54, 1.807) is 19.1 Å². The zero-order valence-corrected chi connectivity index (χ0v) is 30.5. The number of hydrogen-bond donors (Lipinski definition) is 2. The van der Waals surface area contributed by atoms with E-state index in [4.69, 9.17) is 40.0 Å². The number of nitrogens with zero attached hydrogens (tertiary/aromatic N) is 1. The van der Waals surface area contributed by atoms with Crippen LogP contribution in [0.4, 0.5) is 0 Å². The highest BCUT2D eigenvalue weighted by atomic mass is 35.5. The summed E-state index contributed by atoms with van der Waals surface area (Å²) < 4.78 is 59.1. The van der Waals surface area contributed by atoms with E-state index in [2.05, 4.69) is 5.32 Å². The van der Waals surface area contributed by atoms with Gasteiger partial charge in [0.25, 0.3) is 0 Å². The first kappa shape index (κ1) is 37.1. The van der Waals surface area contributed by atoms with Gasteiger partial charge in [0.05, 0.1) is 41.8 Å². The molecule has 1 amide bonds. The molecule has 5 rings (SSSR count). The summed E-state index contributed by atoms with van der Waals surface area (Å²) in [6.45, 7) is 2.08. The number of aliphatic hydroxyl groups is 1. The van der Waals surface area contributed by atoms with Crippen molar-refractivity contribution in [2.45, 2.75) is 50.2 Å². The van der Waals surface area contributed by atoms with Crippen molar-refractivity contribution in [2.75, 3.05) is 54.9 Å². The molecule has 0 bridgehead atoms. The molecule has 2 aromatic rings. The summed E-state index contributed by atoms with van der Waals surface area (Å²) in [5, 5.41) is 15.2. The lowest BCUT2D eigenvalue weighted by atomic mass is 9.69. The van der Waals surface area contributed by atoms with E-state index in [1.807, 2.05) is 0 Å². The van der Waals surface area contributed by atoms with Gasteiger partial charge < -0.3 is 38.8 Å². The first-order valence-electron chi connectivity index (χ1n) is 15.9. The maximum absolute atomic E-state index is 14.4. The summed E-state index contributed by atoms with van der Waals surface area (Å²) in [6, 6.07) is 4.24. The number of aliphatic hydroxyl groups excluding tert-OH is 1. The second kappa shape index (κ2) is 14.2. The van der Waals surface area contributed by atoms with Crippen LogP contribution in [0.1, 0.15) is 54.4 Å². The molecule has 3 aliphatic rings. The van der Waals surface area contributed by atoms with Gasteiger partial charge in [-0.2, -0.15) is 0 Å². The van der Waals surface area contributed by atoms with E-state index in [0.717, 1.165) is 6.26 Å². The van der Waals surface area contributed by atoms with E-state index >= 15 is 0 Å². The number of Topliss-reactive ketones (excluding diaryl/α,β-unsaturated/α-hetero) is 2. The first-order chi connectivity index (χ1) is 23.7. The molecule has 0 aromatic heterocycles. The molecule has 0 saturated carbocycles. The highest BCUT2D eigenvalue weighted by Crippen LogP contribution is 2.56. The molecule has 0 radical (unpaired) electrons. The smallest absolute Gasteiger partial charge is 0.231 e. The van der Waals surface area contributed by atoms with Gasteiger partial charge in [0.15, 0.2) is 28.8 Å². The number of benzene rings is 2. The monoisotopic (exact) mass is 736 g/mol. The van der Waals surface area contributed by atoms with Crippen LogP contribution in [0.15, 0.2) is 29.5 Å². The number of halogens is 1. The summed E-state index contributed by atoms with van der Waals surface area (Å²) in [7, 11) is 3.63. The van der Waals surface area contributed by atoms with E-state index in [0.29, 0.717) is 18.4 Å². The third-order valence-corrected chi connectivity index (χ3v) is 11.3. The number of piperidine rings is 1. The van der Waals surface area contributed by atoms with E-state index in [-0.39, 0.29) is 82.6 Å². The summed E-state index contributed by atoms with van der Waals surface area (Å²) in [5.41, 5.74) is -1.96. The van der Waals surface area contributed by atoms with Crippen LogP contribution < -0.4 is 33.7 Å². The number of rotatable bonds is 11. The second-order valence-electron chi connectivity index (χ2n) is 12.5. The van der Waals surface area contributed by atoms with Gasteiger partial charge in [-0.1, -0.05) is 18.5 Å². The summed E-state index contributed by atoms with van der Waals surface area (Å²) in [6.07, 6.45) is 1.34. The summed E-state index contributed by atoms with van der Waals surface area (Å²) in [4.78, 5) is 42.2. The second-order valence-corrected chi connectivity index (χ2v) is 14.8. The topological polar surface area (TPSA) is 176 Å². The standard InChI is InChI=1S/C34H41ClN2O12S/c1-17-12-21(38)27(32(40)34(17)33(41)28-22(44-2)16-23(45-3)29(35)31(28)49-34)20(18-13-24(46-4)30(48-6)25(14-18)47-5)15-26(39)36-19-8-10-37(11-9-19)50(7,42)43/h13-14,16-17,19-20,40H,8-12,15H2,1-7H3,(H,36,39)/t17-,20?,34+/m1/s1. The minimum absolute atomic E-state index is 0.0190. The van der Waals surface area contributed by atoms with Crippen LogP contribution in [0.25, 0.3) is 0 Å². The SMILES string of the molecule is COc1cc(OC)c2c(c1Cl)O[C@]1(C2=O)C(O)=C(C(CC(=O)NC2CCN(S(C)(=O)=O)CC2)c2cc(OC)c(OC)c(OC)c2)C(=O)C[C@H]1C. The molecule has 2 aliphatic heterocycles. The highest BCUT2D eigenvalue weighted by Gasteiger charge is 2.61. The van der Waals surface area contributed by atoms with Crippen molar-refractivity contribution in [3.63, 3.8) is 0 Å². The predicted octanol–water partition coefficient (Wildman–Crippen LogP) is 3.83. The van der Waals surface area contributed by atoms with Crippen molar-refractivity contribution in [3.8, 4) is 34.5 Å². The fraction of sp³-hybridized carbons (Fsp3) is 0.500. The molecule has 2 heterocycles. The van der Waals surface area contributed by atoms with Gasteiger partial charge in [-0.15, -0.1) is 0 Å². The number of nitrogens with one attached hydrogen (secondary N) is 1. The van der Waals surface area contributed by atoms with E-state index in [9.17, 15) is 27.9 Å². The first-order valence-corrected chi connectivity index (χ1v) is 18.1. The van der Waals surface area contributed by atoms with Crippen molar-refractivity contribution in [1.29, 1.82) is 0 Å². The zero-order valence-electron chi connectivity index (χ0n) is 28.9. The van der Waals surface area contributed by atoms with Gasteiger partial charge in [-0.05, 0) is 30.5 Å². The van der Waals surface area contributed by atoms with Crippen LogP contribution >= 0.6 is 11.6 Å². The molecule has 1 spiro atoms. The Morgan fingerprint density at radius 2 is 1.58 bits per heavy atom. The van der Waals surface area contributed by atoms with Gasteiger partial charge in [0.1, 0.15) is 22.1 Å². The maximum atomic E-state index is 14.4. The van der Waals surface area contributed by atoms with Crippen molar-refractivity contribution in [3.05, 3.63) is 45.7 Å². The number of sulfonamides is 1. The average molecular weight is 737 g/mol. The number of ketones is 2. The minimum atomic E-state index is -3.38. The number of amides is 1. The Labute approximate surface area is 295 Å². The number of hydrogen-bond acceptors (Lipinski definition) is 12. The van der Waals surface area contributed by atoms with E-state index < -0.39 is 50.7 Å². The van der Waals surface area contributed by atoms with Crippen LogP contribution in [0, 0.1) is 5.92 Å². The highest BCUT2D eigenvalue weighted by molar-refractivity contribution is 7.88. The Bertz CT molecular complexity index is 1830. The van der Waals surface area contributed by atoms with Crippen LogP contribution in [0.3, 0.4) is 0 Å². The van der Waals surface area contributed by atoms with Crippen LogP contribution in [0.2, 0.25) is 5.02 Å². The molecule has 14 nitrogen and oxygen atoms in total. The fourth-order valence-electron chi connectivity index (χ4n) is 7.03. The molecule has 2 aromatic carbocycles. The van der Waals surface area contributed by atoms with Crippen LogP contribution in [-0.2, 0) is 19.6 Å². The average Bonchev–Trinajstić information content (AvgIpc) is 3.40. The summed E-state index contributed by atoms with van der Waals surface area (Å²) >= 11 is 6.61. The molecular weight excluding hydrogens is 696 g/mol. The Hall–Kier alpha value is -4.21. The third-order valence-electron chi connectivity index (χ3n) is 9.63. The lowest BCUT2D eigenvalue weighted by Gasteiger charge is -2.39. The molecule has 1 aliphatic carbocycles. The van der Waals surface area contributed by atoms with Gasteiger partial charge in [0, 0.05) is 55.4 Å². The lowest BCUT2D eigenvalue weighted by Crippen LogP contribution is -2.53. The van der Waals surface area contributed by atoms with Gasteiger partial charge in [-0.25, -0.2) is 12.7 Å². The van der Waals surface area contributed by atoms with Crippen molar-refractivity contribution < 1.29 is 56.3 Å². The molecule has 16 heteroatoms. The number of ether oxygens (including phenoxy) is 6. The number of allylic oxidation sites excluding steroid dienone is 1. The molecule has 1 saturated heterocycles.